The number of nitrogens with one attached hydrogen (secondary N) is 1. The largest absolute Gasteiger partial charge is 0.375 e. The SMILES string of the molecule is NC1(C(=O)NCCC2CN(Cc3ccccn3)CCO2)CCCC1. The summed E-state index contributed by atoms with van der Waals surface area (Å²) in [5.41, 5.74) is 6.61. The summed E-state index contributed by atoms with van der Waals surface area (Å²) in [6, 6.07) is 6.00. The van der Waals surface area contributed by atoms with E-state index in [2.05, 4.69) is 15.2 Å². The minimum absolute atomic E-state index is 0.00107. The molecule has 1 aromatic heterocycles. The quantitative estimate of drug-likeness (QED) is 0.814. The third-order valence-electron chi connectivity index (χ3n) is 5.03. The summed E-state index contributed by atoms with van der Waals surface area (Å²) in [7, 11) is 0. The summed E-state index contributed by atoms with van der Waals surface area (Å²) < 4.78 is 5.83. The molecule has 2 fully saturated rings. The summed E-state index contributed by atoms with van der Waals surface area (Å²) >= 11 is 0. The Balaban J connectivity index is 1.40. The van der Waals surface area contributed by atoms with Gasteiger partial charge in [-0.3, -0.25) is 14.7 Å². The highest BCUT2D eigenvalue weighted by molar-refractivity contribution is 5.86. The molecule has 1 aromatic rings. The van der Waals surface area contributed by atoms with Crippen LogP contribution in [0.5, 0.6) is 0 Å². The Hall–Kier alpha value is -1.50. The number of ether oxygens (including phenoxy) is 1. The Kier molecular flexibility index (Phi) is 5.81. The number of amides is 1. The van der Waals surface area contributed by atoms with Gasteiger partial charge < -0.3 is 15.8 Å². The third-order valence-corrected chi connectivity index (χ3v) is 5.03. The van der Waals surface area contributed by atoms with Gasteiger partial charge in [-0.15, -0.1) is 0 Å². The maximum absolute atomic E-state index is 12.2. The highest BCUT2D eigenvalue weighted by Gasteiger charge is 2.36. The second kappa shape index (κ2) is 8.05. The van der Waals surface area contributed by atoms with Gasteiger partial charge in [0.1, 0.15) is 0 Å². The van der Waals surface area contributed by atoms with E-state index in [0.29, 0.717) is 6.54 Å². The van der Waals surface area contributed by atoms with Crippen LogP contribution in [0.25, 0.3) is 0 Å². The van der Waals surface area contributed by atoms with E-state index >= 15 is 0 Å². The molecule has 1 unspecified atom stereocenters. The van der Waals surface area contributed by atoms with Gasteiger partial charge in [0.2, 0.25) is 5.91 Å². The van der Waals surface area contributed by atoms with Crippen molar-refractivity contribution in [3.05, 3.63) is 30.1 Å². The number of nitrogens with two attached hydrogens (primary N) is 1. The number of carbonyl (C=O) groups is 1. The number of morpholine rings is 1. The smallest absolute Gasteiger partial charge is 0.240 e. The first-order valence-electron chi connectivity index (χ1n) is 8.97. The molecule has 3 rings (SSSR count). The molecule has 6 nitrogen and oxygen atoms in total. The average Bonchev–Trinajstić information content (AvgIpc) is 3.04. The van der Waals surface area contributed by atoms with Crippen LogP contribution in [0.15, 0.2) is 24.4 Å². The fraction of sp³-hybridized carbons (Fsp3) is 0.667. The summed E-state index contributed by atoms with van der Waals surface area (Å²) in [5.74, 6) is 0.00107. The first kappa shape index (κ1) is 17.3. The van der Waals surface area contributed by atoms with Crippen LogP contribution in [0.1, 0.15) is 37.8 Å². The van der Waals surface area contributed by atoms with E-state index in [1.165, 1.54) is 0 Å². The maximum Gasteiger partial charge on any atom is 0.240 e. The van der Waals surface area contributed by atoms with Crippen LogP contribution in [-0.2, 0) is 16.1 Å². The fourth-order valence-corrected chi connectivity index (χ4v) is 3.58. The molecule has 1 saturated carbocycles. The zero-order chi connectivity index (χ0) is 16.8. The third kappa shape index (κ3) is 4.53. The van der Waals surface area contributed by atoms with Crippen LogP contribution in [0, 0.1) is 0 Å². The van der Waals surface area contributed by atoms with E-state index in [-0.39, 0.29) is 12.0 Å². The van der Waals surface area contributed by atoms with Crippen LogP contribution in [0.2, 0.25) is 0 Å². The molecule has 1 atom stereocenters. The van der Waals surface area contributed by atoms with Crippen LogP contribution >= 0.6 is 0 Å². The van der Waals surface area contributed by atoms with Gasteiger partial charge >= 0.3 is 0 Å². The minimum atomic E-state index is -0.640. The summed E-state index contributed by atoms with van der Waals surface area (Å²) in [4.78, 5) is 19.0. The lowest BCUT2D eigenvalue weighted by molar-refractivity contribution is -0.126. The molecule has 3 N–H and O–H groups in total. The minimum Gasteiger partial charge on any atom is -0.375 e. The Morgan fingerprint density at radius 3 is 3.00 bits per heavy atom. The molecule has 1 aliphatic carbocycles. The first-order chi connectivity index (χ1) is 11.7. The molecule has 132 valence electrons. The number of rotatable bonds is 6. The number of hydrogen-bond donors (Lipinski definition) is 2. The van der Waals surface area contributed by atoms with Crippen LogP contribution in [-0.4, -0.2) is 53.7 Å². The molecule has 1 saturated heterocycles. The van der Waals surface area contributed by atoms with E-state index in [1.54, 1.807) is 0 Å². The summed E-state index contributed by atoms with van der Waals surface area (Å²) in [6.45, 7) is 4.00. The molecular formula is C18H28N4O2. The van der Waals surface area contributed by atoms with Crippen molar-refractivity contribution in [3.63, 3.8) is 0 Å². The van der Waals surface area contributed by atoms with Crippen molar-refractivity contribution in [2.75, 3.05) is 26.2 Å². The molecule has 6 heteroatoms. The molecule has 0 radical (unpaired) electrons. The molecule has 0 bridgehead atoms. The second-order valence-electron chi connectivity index (χ2n) is 6.96. The van der Waals surface area contributed by atoms with Crippen molar-refractivity contribution in [2.45, 2.75) is 50.3 Å². The second-order valence-corrected chi connectivity index (χ2v) is 6.96. The lowest BCUT2D eigenvalue weighted by atomic mass is 9.98. The Morgan fingerprint density at radius 1 is 1.42 bits per heavy atom. The lowest BCUT2D eigenvalue weighted by Crippen LogP contribution is -2.52. The van der Waals surface area contributed by atoms with Crippen molar-refractivity contribution in [1.29, 1.82) is 0 Å². The van der Waals surface area contributed by atoms with Crippen molar-refractivity contribution in [2.24, 2.45) is 5.73 Å². The lowest BCUT2D eigenvalue weighted by Gasteiger charge is -2.33. The molecule has 0 spiro atoms. The molecular weight excluding hydrogens is 304 g/mol. The van der Waals surface area contributed by atoms with Crippen molar-refractivity contribution < 1.29 is 9.53 Å². The van der Waals surface area contributed by atoms with E-state index in [1.807, 2.05) is 24.4 Å². The molecule has 1 amide bonds. The van der Waals surface area contributed by atoms with E-state index < -0.39 is 5.54 Å². The Morgan fingerprint density at radius 2 is 2.25 bits per heavy atom. The van der Waals surface area contributed by atoms with Gasteiger partial charge in [-0.1, -0.05) is 18.9 Å². The van der Waals surface area contributed by atoms with E-state index in [9.17, 15) is 4.79 Å². The first-order valence-corrected chi connectivity index (χ1v) is 8.97. The summed E-state index contributed by atoms with van der Waals surface area (Å²) in [6.07, 6.45) is 6.51. The van der Waals surface area contributed by atoms with E-state index in [0.717, 1.165) is 64.0 Å². The van der Waals surface area contributed by atoms with Gasteiger partial charge in [0.05, 0.1) is 23.9 Å². The normalized spacial score (nSPS) is 24.0. The van der Waals surface area contributed by atoms with Gasteiger partial charge in [-0.25, -0.2) is 0 Å². The number of aromatic nitrogens is 1. The van der Waals surface area contributed by atoms with Gasteiger partial charge in [0.15, 0.2) is 0 Å². The average molecular weight is 332 g/mol. The van der Waals surface area contributed by atoms with Crippen LogP contribution < -0.4 is 11.1 Å². The van der Waals surface area contributed by atoms with Crippen molar-refractivity contribution >= 4 is 5.91 Å². The molecule has 2 aliphatic rings. The van der Waals surface area contributed by atoms with Gasteiger partial charge in [0, 0.05) is 32.4 Å². The summed E-state index contributed by atoms with van der Waals surface area (Å²) in [5, 5.41) is 3.00. The standard InChI is InChI=1S/C18H28N4O2/c19-18(7-2-3-8-18)17(23)21-10-6-16-14-22(11-12-24-16)13-15-5-1-4-9-20-15/h1,4-5,9,16H,2-3,6-8,10-14,19H2,(H,21,23). The number of carbonyl (C=O) groups excluding carboxylic acids is 1. The topological polar surface area (TPSA) is 80.5 Å². The fourth-order valence-electron chi connectivity index (χ4n) is 3.58. The van der Waals surface area contributed by atoms with Gasteiger partial charge in [-0.2, -0.15) is 0 Å². The highest BCUT2D eigenvalue weighted by Crippen LogP contribution is 2.27. The predicted molar refractivity (Wildman–Crippen MR) is 92.3 cm³/mol. The van der Waals surface area contributed by atoms with Crippen LogP contribution in [0.3, 0.4) is 0 Å². The zero-order valence-electron chi connectivity index (χ0n) is 14.2. The monoisotopic (exact) mass is 332 g/mol. The number of hydrogen-bond acceptors (Lipinski definition) is 5. The number of nitrogens with zero attached hydrogens (tertiary/aromatic N) is 2. The Labute approximate surface area is 143 Å². The van der Waals surface area contributed by atoms with Crippen molar-refractivity contribution in [3.8, 4) is 0 Å². The zero-order valence-corrected chi connectivity index (χ0v) is 14.2. The predicted octanol–water partition coefficient (Wildman–Crippen LogP) is 1.06. The highest BCUT2D eigenvalue weighted by atomic mass is 16.5. The molecule has 24 heavy (non-hydrogen) atoms. The molecule has 0 aromatic carbocycles. The molecule has 2 heterocycles. The van der Waals surface area contributed by atoms with Gasteiger partial charge in [-0.05, 0) is 31.4 Å². The van der Waals surface area contributed by atoms with Crippen molar-refractivity contribution in [1.82, 2.24) is 15.2 Å². The maximum atomic E-state index is 12.2. The number of pyridine rings is 1. The molecule has 1 aliphatic heterocycles. The van der Waals surface area contributed by atoms with Crippen LogP contribution in [0.4, 0.5) is 0 Å². The van der Waals surface area contributed by atoms with Gasteiger partial charge in [0.25, 0.3) is 0 Å². The Bertz CT molecular complexity index is 531. The van der Waals surface area contributed by atoms with E-state index in [4.69, 9.17) is 10.5 Å².